The number of benzene rings is 1. The number of nitrogens with zero attached hydrogens (tertiary/aromatic N) is 1. The first-order valence-electron chi connectivity index (χ1n) is 6.07. The van der Waals surface area contributed by atoms with Crippen molar-refractivity contribution in [3.63, 3.8) is 0 Å². The van der Waals surface area contributed by atoms with Gasteiger partial charge in [0.25, 0.3) is 0 Å². The number of rotatable bonds is 3. The molecule has 1 aromatic carbocycles. The van der Waals surface area contributed by atoms with Gasteiger partial charge in [0.05, 0.1) is 17.9 Å². The minimum atomic E-state index is 0.506. The lowest BCUT2D eigenvalue weighted by Crippen LogP contribution is -2.01. The summed E-state index contributed by atoms with van der Waals surface area (Å²) in [7, 11) is 0. The number of pyridine rings is 1. The van der Waals surface area contributed by atoms with Gasteiger partial charge in [-0.05, 0) is 31.2 Å². The summed E-state index contributed by atoms with van der Waals surface area (Å²) in [6.45, 7) is 2.55. The summed E-state index contributed by atoms with van der Waals surface area (Å²) in [4.78, 5) is 4.20. The third kappa shape index (κ3) is 2.56. The monoisotopic (exact) mass is 272 g/mol. The molecule has 0 saturated heterocycles. The van der Waals surface area contributed by atoms with Gasteiger partial charge >= 0.3 is 0 Å². The van der Waals surface area contributed by atoms with Gasteiger partial charge in [-0.3, -0.25) is 0 Å². The molecule has 4 heteroatoms. The SMILES string of the molecule is Cc1nc(Cl)ccc1NCc1cc2ccccc2o1. The van der Waals surface area contributed by atoms with Crippen LogP contribution < -0.4 is 5.32 Å². The summed E-state index contributed by atoms with van der Waals surface area (Å²) < 4.78 is 5.74. The van der Waals surface area contributed by atoms with Crippen molar-refractivity contribution in [3.8, 4) is 0 Å². The summed E-state index contributed by atoms with van der Waals surface area (Å²) in [5.74, 6) is 0.899. The molecule has 0 atom stereocenters. The van der Waals surface area contributed by atoms with Crippen molar-refractivity contribution in [2.75, 3.05) is 5.32 Å². The Bertz CT molecular complexity index is 688. The van der Waals surface area contributed by atoms with Crippen molar-refractivity contribution >= 4 is 28.3 Å². The highest BCUT2D eigenvalue weighted by Crippen LogP contribution is 2.21. The van der Waals surface area contributed by atoms with E-state index < -0.39 is 0 Å². The molecule has 0 amide bonds. The van der Waals surface area contributed by atoms with E-state index in [-0.39, 0.29) is 0 Å². The second-order valence-corrected chi connectivity index (χ2v) is 4.76. The van der Waals surface area contributed by atoms with Crippen LogP contribution in [0.5, 0.6) is 0 Å². The fraction of sp³-hybridized carbons (Fsp3) is 0.133. The van der Waals surface area contributed by atoms with E-state index in [2.05, 4.69) is 10.3 Å². The summed E-state index contributed by atoms with van der Waals surface area (Å²) in [6.07, 6.45) is 0. The zero-order valence-electron chi connectivity index (χ0n) is 10.5. The number of aryl methyl sites for hydroxylation is 1. The Morgan fingerprint density at radius 2 is 2.05 bits per heavy atom. The van der Waals surface area contributed by atoms with Crippen LogP contribution in [0.1, 0.15) is 11.5 Å². The highest BCUT2D eigenvalue weighted by atomic mass is 35.5. The molecule has 0 bridgehead atoms. The highest BCUT2D eigenvalue weighted by molar-refractivity contribution is 6.29. The van der Waals surface area contributed by atoms with Crippen molar-refractivity contribution in [2.45, 2.75) is 13.5 Å². The topological polar surface area (TPSA) is 38.1 Å². The lowest BCUT2D eigenvalue weighted by atomic mass is 10.2. The van der Waals surface area contributed by atoms with E-state index in [1.165, 1.54) is 0 Å². The molecule has 1 N–H and O–H groups in total. The van der Waals surface area contributed by atoms with Crippen LogP contribution >= 0.6 is 11.6 Å². The van der Waals surface area contributed by atoms with Crippen LogP contribution in [0.15, 0.2) is 46.9 Å². The lowest BCUT2D eigenvalue weighted by Gasteiger charge is -2.07. The summed E-state index contributed by atoms with van der Waals surface area (Å²) >= 11 is 5.83. The molecule has 3 aromatic rings. The second-order valence-electron chi connectivity index (χ2n) is 4.37. The molecule has 0 aliphatic rings. The fourth-order valence-corrected chi connectivity index (χ4v) is 2.21. The summed E-state index contributed by atoms with van der Waals surface area (Å²) in [6, 6.07) is 13.7. The van der Waals surface area contributed by atoms with E-state index in [1.54, 1.807) is 6.07 Å². The van der Waals surface area contributed by atoms with Crippen molar-refractivity contribution in [2.24, 2.45) is 0 Å². The summed E-state index contributed by atoms with van der Waals surface area (Å²) in [5, 5.41) is 4.92. The van der Waals surface area contributed by atoms with Crippen LogP contribution in [0.4, 0.5) is 5.69 Å². The largest absolute Gasteiger partial charge is 0.459 e. The quantitative estimate of drug-likeness (QED) is 0.718. The first-order valence-corrected chi connectivity index (χ1v) is 6.44. The van der Waals surface area contributed by atoms with Crippen molar-refractivity contribution in [1.29, 1.82) is 0 Å². The normalized spacial score (nSPS) is 10.8. The molecule has 0 aliphatic heterocycles. The van der Waals surface area contributed by atoms with Crippen molar-refractivity contribution in [1.82, 2.24) is 4.98 Å². The smallest absolute Gasteiger partial charge is 0.134 e. The Hall–Kier alpha value is -2.00. The van der Waals surface area contributed by atoms with Crippen LogP contribution in [0.2, 0.25) is 5.15 Å². The highest BCUT2D eigenvalue weighted by Gasteiger charge is 2.04. The molecule has 0 spiro atoms. The molecule has 3 rings (SSSR count). The summed E-state index contributed by atoms with van der Waals surface area (Å²) in [5.41, 5.74) is 2.75. The zero-order chi connectivity index (χ0) is 13.2. The van der Waals surface area contributed by atoms with Crippen LogP contribution in [0.3, 0.4) is 0 Å². The average Bonchev–Trinajstić information content (AvgIpc) is 2.80. The molecular weight excluding hydrogens is 260 g/mol. The second kappa shape index (κ2) is 4.94. The van der Waals surface area contributed by atoms with Gasteiger partial charge < -0.3 is 9.73 Å². The Balaban J connectivity index is 1.78. The molecule has 2 heterocycles. The molecular formula is C15H13ClN2O. The van der Waals surface area contributed by atoms with Gasteiger partial charge in [0, 0.05) is 5.39 Å². The zero-order valence-corrected chi connectivity index (χ0v) is 11.2. The average molecular weight is 273 g/mol. The number of fused-ring (bicyclic) bond motifs is 1. The van der Waals surface area contributed by atoms with E-state index in [9.17, 15) is 0 Å². The number of furan rings is 1. The first kappa shape index (κ1) is 12.1. The predicted molar refractivity (Wildman–Crippen MR) is 77.5 cm³/mol. The number of hydrogen-bond acceptors (Lipinski definition) is 3. The molecule has 19 heavy (non-hydrogen) atoms. The lowest BCUT2D eigenvalue weighted by molar-refractivity contribution is 0.559. The van der Waals surface area contributed by atoms with E-state index in [0.717, 1.165) is 28.1 Å². The Labute approximate surface area is 116 Å². The minimum Gasteiger partial charge on any atom is -0.459 e. The van der Waals surface area contributed by atoms with Gasteiger partial charge in [0.2, 0.25) is 0 Å². The first-order chi connectivity index (χ1) is 9.22. The van der Waals surface area contributed by atoms with E-state index in [4.69, 9.17) is 16.0 Å². The maximum absolute atomic E-state index is 5.83. The Kier molecular flexibility index (Phi) is 3.13. The third-order valence-electron chi connectivity index (χ3n) is 2.98. The van der Waals surface area contributed by atoms with Gasteiger partial charge in [-0.2, -0.15) is 0 Å². The number of anilines is 1. The maximum atomic E-state index is 5.83. The van der Waals surface area contributed by atoms with Crippen LogP contribution in [-0.2, 0) is 6.54 Å². The molecule has 0 unspecified atom stereocenters. The van der Waals surface area contributed by atoms with E-state index >= 15 is 0 Å². The van der Waals surface area contributed by atoms with Crippen LogP contribution in [-0.4, -0.2) is 4.98 Å². The molecule has 0 saturated carbocycles. The van der Waals surface area contributed by atoms with Crippen molar-refractivity contribution in [3.05, 3.63) is 59.1 Å². The molecule has 0 aliphatic carbocycles. The minimum absolute atomic E-state index is 0.506. The van der Waals surface area contributed by atoms with Crippen LogP contribution in [0.25, 0.3) is 11.0 Å². The Morgan fingerprint density at radius 1 is 1.21 bits per heavy atom. The van der Waals surface area contributed by atoms with Gasteiger partial charge in [-0.15, -0.1) is 0 Å². The molecule has 2 aromatic heterocycles. The van der Waals surface area contributed by atoms with E-state index in [0.29, 0.717) is 11.7 Å². The standard InChI is InChI=1S/C15H13ClN2O/c1-10-13(6-7-15(16)18-10)17-9-12-8-11-4-2-3-5-14(11)19-12/h2-8,17H,9H2,1H3. The van der Waals surface area contributed by atoms with Gasteiger partial charge in [-0.1, -0.05) is 29.8 Å². The molecule has 96 valence electrons. The number of halogens is 1. The number of para-hydroxylation sites is 1. The van der Waals surface area contributed by atoms with Crippen molar-refractivity contribution < 1.29 is 4.42 Å². The Morgan fingerprint density at radius 3 is 2.84 bits per heavy atom. The number of aromatic nitrogens is 1. The predicted octanol–water partition coefficient (Wildman–Crippen LogP) is 4.40. The number of nitrogens with one attached hydrogen (secondary N) is 1. The molecule has 3 nitrogen and oxygen atoms in total. The molecule has 0 radical (unpaired) electrons. The third-order valence-corrected chi connectivity index (χ3v) is 3.19. The fourth-order valence-electron chi connectivity index (χ4n) is 2.02. The van der Waals surface area contributed by atoms with Crippen LogP contribution in [0, 0.1) is 6.92 Å². The maximum Gasteiger partial charge on any atom is 0.134 e. The molecule has 0 fully saturated rings. The van der Waals surface area contributed by atoms with Gasteiger partial charge in [0.1, 0.15) is 16.5 Å². The number of hydrogen-bond donors (Lipinski definition) is 1. The van der Waals surface area contributed by atoms with E-state index in [1.807, 2.05) is 43.3 Å². The van der Waals surface area contributed by atoms with Gasteiger partial charge in [0.15, 0.2) is 0 Å². The van der Waals surface area contributed by atoms with Gasteiger partial charge in [-0.25, -0.2) is 4.98 Å².